The van der Waals surface area contributed by atoms with Crippen LogP contribution in [0.1, 0.15) is 32.3 Å². The highest BCUT2D eigenvalue weighted by molar-refractivity contribution is 7.89. The van der Waals surface area contributed by atoms with E-state index in [1.54, 1.807) is 18.2 Å². The first-order valence-corrected chi connectivity index (χ1v) is 13.3. The smallest absolute Gasteiger partial charge is 0.243 e. The van der Waals surface area contributed by atoms with Crippen molar-refractivity contribution in [2.75, 3.05) is 56.2 Å². The summed E-state index contributed by atoms with van der Waals surface area (Å²) in [5.74, 6) is 0.601. The molecule has 1 heterocycles. The van der Waals surface area contributed by atoms with E-state index < -0.39 is 10.0 Å². The van der Waals surface area contributed by atoms with Crippen molar-refractivity contribution in [2.24, 2.45) is 0 Å². The van der Waals surface area contributed by atoms with Crippen molar-refractivity contribution in [1.29, 1.82) is 0 Å². The molecule has 1 fully saturated rings. The number of sulfonamides is 1. The quantitative estimate of drug-likeness (QED) is 0.485. The summed E-state index contributed by atoms with van der Waals surface area (Å²) in [6, 6.07) is 12.7. The lowest BCUT2D eigenvalue weighted by Crippen LogP contribution is -2.37. The standard InChI is InChI=1S/C25H35N3O5S/c1-4-28(5-2)34(30,31)22-11-12-24(27-13-16-32-17-14-27)23(19-22)26-25(29)10-7-15-33-21-9-6-8-20(3)18-21/h6,8-9,11-12,18-19H,4-5,7,10,13-17H2,1-3H3,(H,26,29). The van der Waals surface area contributed by atoms with Gasteiger partial charge in [0.1, 0.15) is 5.75 Å². The Balaban J connectivity index is 1.72. The first-order valence-electron chi connectivity index (χ1n) is 11.8. The van der Waals surface area contributed by atoms with Crippen molar-refractivity contribution < 1.29 is 22.7 Å². The average molecular weight is 490 g/mol. The van der Waals surface area contributed by atoms with Crippen LogP contribution in [0, 0.1) is 6.92 Å². The van der Waals surface area contributed by atoms with Crippen LogP contribution >= 0.6 is 0 Å². The molecule has 186 valence electrons. The van der Waals surface area contributed by atoms with Crippen molar-refractivity contribution >= 4 is 27.3 Å². The Morgan fingerprint density at radius 3 is 2.53 bits per heavy atom. The maximum Gasteiger partial charge on any atom is 0.243 e. The third-order valence-electron chi connectivity index (χ3n) is 5.74. The van der Waals surface area contributed by atoms with Crippen molar-refractivity contribution in [1.82, 2.24) is 4.31 Å². The second-order valence-electron chi connectivity index (χ2n) is 8.18. The van der Waals surface area contributed by atoms with Crippen molar-refractivity contribution in [2.45, 2.75) is 38.5 Å². The summed E-state index contributed by atoms with van der Waals surface area (Å²) in [6.07, 6.45) is 0.811. The molecule has 3 rings (SSSR count). The van der Waals surface area contributed by atoms with Crippen LogP contribution in [0.2, 0.25) is 0 Å². The van der Waals surface area contributed by atoms with E-state index in [1.807, 2.05) is 45.0 Å². The summed E-state index contributed by atoms with van der Waals surface area (Å²) >= 11 is 0. The topological polar surface area (TPSA) is 88.2 Å². The molecule has 0 spiro atoms. The van der Waals surface area contributed by atoms with Gasteiger partial charge in [-0.05, 0) is 49.2 Å². The molecule has 1 N–H and O–H groups in total. The molecule has 0 atom stereocenters. The Hall–Kier alpha value is -2.62. The Labute approximate surface area is 202 Å². The second kappa shape index (κ2) is 12.2. The highest BCUT2D eigenvalue weighted by atomic mass is 32.2. The summed E-state index contributed by atoms with van der Waals surface area (Å²) < 4.78 is 38.7. The van der Waals surface area contributed by atoms with Gasteiger partial charge in [-0.15, -0.1) is 0 Å². The van der Waals surface area contributed by atoms with Gasteiger partial charge in [0.2, 0.25) is 15.9 Å². The number of amides is 1. The molecule has 9 heteroatoms. The molecule has 0 aliphatic carbocycles. The monoisotopic (exact) mass is 489 g/mol. The number of morpholine rings is 1. The van der Waals surface area contributed by atoms with Crippen LogP contribution in [0.15, 0.2) is 47.4 Å². The summed E-state index contributed by atoms with van der Waals surface area (Å²) in [6.45, 7) is 9.33. The van der Waals surface area contributed by atoms with Gasteiger partial charge in [0.15, 0.2) is 0 Å². The minimum Gasteiger partial charge on any atom is -0.494 e. The fourth-order valence-electron chi connectivity index (χ4n) is 3.91. The van der Waals surface area contributed by atoms with Crippen molar-refractivity contribution in [3.05, 3.63) is 48.0 Å². The van der Waals surface area contributed by atoms with E-state index in [0.29, 0.717) is 58.1 Å². The Morgan fingerprint density at radius 1 is 1.12 bits per heavy atom. The first-order chi connectivity index (χ1) is 16.3. The maximum atomic E-state index is 13.1. The molecule has 34 heavy (non-hydrogen) atoms. The number of hydrogen-bond donors (Lipinski definition) is 1. The van der Waals surface area contributed by atoms with Gasteiger partial charge in [0.05, 0.1) is 36.1 Å². The van der Waals surface area contributed by atoms with E-state index >= 15 is 0 Å². The van der Waals surface area contributed by atoms with E-state index in [1.165, 1.54) is 4.31 Å². The van der Waals surface area contributed by atoms with Crippen LogP contribution in [0.25, 0.3) is 0 Å². The largest absolute Gasteiger partial charge is 0.494 e. The van der Waals surface area contributed by atoms with Crippen LogP contribution in [0.3, 0.4) is 0 Å². The molecule has 1 aliphatic rings. The summed E-state index contributed by atoms with van der Waals surface area (Å²) in [4.78, 5) is 15.0. The number of nitrogens with one attached hydrogen (secondary N) is 1. The van der Waals surface area contributed by atoms with Crippen LogP contribution in [0.5, 0.6) is 5.75 Å². The fraction of sp³-hybridized carbons (Fsp3) is 0.480. The van der Waals surface area contributed by atoms with Gasteiger partial charge in [-0.2, -0.15) is 4.31 Å². The Bertz CT molecular complexity index is 1060. The van der Waals surface area contributed by atoms with Gasteiger partial charge in [0.25, 0.3) is 0 Å². The van der Waals surface area contributed by atoms with Gasteiger partial charge in [-0.3, -0.25) is 4.79 Å². The SMILES string of the molecule is CCN(CC)S(=O)(=O)c1ccc(N2CCOCC2)c(NC(=O)CCCOc2cccc(C)c2)c1. The number of anilines is 2. The number of hydrogen-bond acceptors (Lipinski definition) is 6. The van der Waals surface area contributed by atoms with Crippen LogP contribution in [-0.2, 0) is 19.6 Å². The predicted molar refractivity (Wildman–Crippen MR) is 134 cm³/mol. The zero-order valence-corrected chi connectivity index (χ0v) is 21.1. The molecule has 2 aromatic carbocycles. The van der Waals surface area contributed by atoms with Gasteiger partial charge in [0, 0.05) is 32.6 Å². The number of benzene rings is 2. The lowest BCUT2D eigenvalue weighted by molar-refractivity contribution is -0.116. The average Bonchev–Trinajstić information content (AvgIpc) is 2.83. The lowest BCUT2D eigenvalue weighted by Gasteiger charge is -2.31. The lowest BCUT2D eigenvalue weighted by atomic mass is 10.2. The van der Waals surface area contributed by atoms with E-state index in [9.17, 15) is 13.2 Å². The minimum absolute atomic E-state index is 0.172. The van der Waals surface area contributed by atoms with Crippen molar-refractivity contribution in [3.63, 3.8) is 0 Å². The van der Waals surface area contributed by atoms with Gasteiger partial charge in [-0.1, -0.05) is 26.0 Å². The molecule has 0 aromatic heterocycles. The zero-order valence-electron chi connectivity index (χ0n) is 20.2. The molecule has 2 aromatic rings. The van der Waals surface area contributed by atoms with E-state index in [0.717, 1.165) is 17.0 Å². The fourth-order valence-corrected chi connectivity index (χ4v) is 5.39. The predicted octanol–water partition coefficient (Wildman–Crippen LogP) is 3.66. The third-order valence-corrected chi connectivity index (χ3v) is 7.79. The maximum absolute atomic E-state index is 13.1. The first kappa shape index (κ1) is 26.0. The van der Waals surface area contributed by atoms with Crippen LogP contribution in [0.4, 0.5) is 11.4 Å². The summed E-state index contributed by atoms with van der Waals surface area (Å²) in [7, 11) is -3.64. The summed E-state index contributed by atoms with van der Waals surface area (Å²) in [5, 5.41) is 2.94. The molecule has 1 saturated heterocycles. The minimum atomic E-state index is -3.64. The molecule has 1 aliphatic heterocycles. The normalized spacial score (nSPS) is 14.3. The molecule has 0 bridgehead atoms. The Morgan fingerprint density at radius 2 is 1.85 bits per heavy atom. The number of rotatable bonds is 11. The third kappa shape index (κ3) is 6.71. The van der Waals surface area contributed by atoms with E-state index in [2.05, 4.69) is 10.2 Å². The number of aryl methyl sites for hydroxylation is 1. The molecule has 8 nitrogen and oxygen atoms in total. The van der Waals surface area contributed by atoms with E-state index in [-0.39, 0.29) is 17.2 Å². The molecular formula is C25H35N3O5S. The molecule has 0 unspecified atom stereocenters. The number of carbonyl (C=O) groups excluding carboxylic acids is 1. The molecular weight excluding hydrogens is 454 g/mol. The molecule has 1 amide bonds. The summed E-state index contributed by atoms with van der Waals surface area (Å²) in [5.41, 5.74) is 2.41. The number of ether oxygens (including phenoxy) is 2. The molecule has 0 radical (unpaired) electrons. The highest BCUT2D eigenvalue weighted by Gasteiger charge is 2.24. The van der Waals surface area contributed by atoms with E-state index in [4.69, 9.17) is 9.47 Å². The van der Waals surface area contributed by atoms with Gasteiger partial charge >= 0.3 is 0 Å². The zero-order chi connectivity index (χ0) is 24.6. The highest BCUT2D eigenvalue weighted by Crippen LogP contribution is 2.31. The van der Waals surface area contributed by atoms with Gasteiger partial charge < -0.3 is 19.7 Å². The Kier molecular flexibility index (Phi) is 9.32. The van der Waals surface area contributed by atoms with Crippen LogP contribution < -0.4 is 15.0 Å². The van der Waals surface area contributed by atoms with Gasteiger partial charge in [-0.25, -0.2) is 8.42 Å². The number of nitrogens with zero attached hydrogens (tertiary/aromatic N) is 2. The van der Waals surface area contributed by atoms with Crippen LogP contribution in [-0.4, -0.2) is 64.6 Å². The molecule has 0 saturated carbocycles. The van der Waals surface area contributed by atoms with Crippen molar-refractivity contribution in [3.8, 4) is 5.75 Å². The second-order valence-corrected chi connectivity index (χ2v) is 10.1. The number of carbonyl (C=O) groups is 1.